The number of methoxy groups -OCH3 is 1. The van der Waals surface area contributed by atoms with E-state index in [0.717, 1.165) is 16.4 Å². The molecule has 0 aromatic heterocycles. The monoisotopic (exact) mass is 491 g/mol. The Labute approximate surface area is 188 Å². The number of ether oxygens (including phenoxy) is 2. The maximum absolute atomic E-state index is 13.1. The Morgan fingerprint density at radius 2 is 1.81 bits per heavy atom. The summed E-state index contributed by atoms with van der Waals surface area (Å²) in [4.78, 5) is 11.9. The SMILES string of the molecule is COc1ccccc1COC(=O)C1CCN(S(=O)(=O)c2ccc(Cl)c(C(F)(F)F)c2)CC1. The number of hydrogen-bond acceptors (Lipinski definition) is 5. The molecule has 1 aliphatic heterocycles. The first-order valence-corrected chi connectivity index (χ1v) is 11.5. The van der Waals surface area contributed by atoms with Gasteiger partial charge in [-0.3, -0.25) is 4.79 Å². The number of benzene rings is 2. The van der Waals surface area contributed by atoms with E-state index in [9.17, 15) is 26.4 Å². The summed E-state index contributed by atoms with van der Waals surface area (Å²) in [7, 11) is -2.66. The standard InChI is InChI=1S/C21H21ClF3NO5S/c1-30-19-5-3-2-4-15(19)13-31-20(27)14-8-10-26(11-9-14)32(28,29)16-6-7-18(22)17(12-16)21(23,24)25/h2-7,12,14H,8-11,13H2,1H3. The molecular weight excluding hydrogens is 471 g/mol. The summed E-state index contributed by atoms with van der Waals surface area (Å²) < 4.78 is 76.5. The number of piperidine rings is 1. The van der Waals surface area contributed by atoms with Gasteiger partial charge in [-0.2, -0.15) is 17.5 Å². The zero-order valence-corrected chi connectivity index (χ0v) is 18.6. The van der Waals surface area contributed by atoms with Crippen molar-refractivity contribution < 1.29 is 35.9 Å². The van der Waals surface area contributed by atoms with E-state index in [2.05, 4.69) is 0 Å². The van der Waals surface area contributed by atoms with Crippen LogP contribution < -0.4 is 4.74 Å². The van der Waals surface area contributed by atoms with Crippen molar-refractivity contribution in [3.63, 3.8) is 0 Å². The fourth-order valence-electron chi connectivity index (χ4n) is 3.45. The fourth-order valence-corrected chi connectivity index (χ4v) is 5.17. The average Bonchev–Trinajstić information content (AvgIpc) is 2.77. The molecule has 11 heteroatoms. The Balaban J connectivity index is 1.63. The van der Waals surface area contributed by atoms with Crippen LogP contribution in [0.25, 0.3) is 0 Å². The number of carbonyl (C=O) groups excluding carboxylic acids is 1. The molecular formula is C21H21ClF3NO5S. The molecule has 0 saturated carbocycles. The molecule has 3 rings (SSSR count). The third-order valence-electron chi connectivity index (χ3n) is 5.23. The molecule has 0 radical (unpaired) electrons. The molecule has 1 fully saturated rings. The van der Waals surface area contributed by atoms with E-state index in [1.54, 1.807) is 24.3 Å². The van der Waals surface area contributed by atoms with E-state index in [0.29, 0.717) is 17.4 Å². The van der Waals surface area contributed by atoms with Gasteiger partial charge in [0.2, 0.25) is 10.0 Å². The molecule has 0 bridgehead atoms. The van der Waals surface area contributed by atoms with E-state index < -0.39 is 43.6 Å². The highest BCUT2D eigenvalue weighted by Crippen LogP contribution is 2.37. The summed E-state index contributed by atoms with van der Waals surface area (Å²) in [5, 5.41) is -0.576. The van der Waals surface area contributed by atoms with Gasteiger partial charge in [-0.05, 0) is 37.1 Å². The topological polar surface area (TPSA) is 72.9 Å². The lowest BCUT2D eigenvalue weighted by Crippen LogP contribution is -2.40. The molecule has 2 aromatic rings. The third-order valence-corrected chi connectivity index (χ3v) is 7.45. The van der Waals surface area contributed by atoms with Crippen LogP contribution in [0.5, 0.6) is 5.75 Å². The van der Waals surface area contributed by atoms with Crippen LogP contribution in [0.15, 0.2) is 47.4 Å². The van der Waals surface area contributed by atoms with Gasteiger partial charge in [0.05, 0.1) is 28.5 Å². The number of rotatable bonds is 6. The molecule has 0 N–H and O–H groups in total. The first-order valence-electron chi connectivity index (χ1n) is 9.69. The maximum Gasteiger partial charge on any atom is 0.417 e. The largest absolute Gasteiger partial charge is 0.496 e. The molecule has 0 amide bonds. The number of para-hydroxylation sites is 1. The van der Waals surface area contributed by atoms with Gasteiger partial charge in [-0.25, -0.2) is 8.42 Å². The summed E-state index contributed by atoms with van der Waals surface area (Å²) in [6.07, 6.45) is -4.38. The minimum atomic E-state index is -4.78. The van der Waals surface area contributed by atoms with Crippen LogP contribution in [0.2, 0.25) is 5.02 Å². The van der Waals surface area contributed by atoms with Crippen LogP contribution in [0.3, 0.4) is 0 Å². The van der Waals surface area contributed by atoms with Gasteiger partial charge in [0.25, 0.3) is 0 Å². The summed E-state index contributed by atoms with van der Waals surface area (Å²) in [6.45, 7) is -0.00613. The highest BCUT2D eigenvalue weighted by molar-refractivity contribution is 7.89. The number of carbonyl (C=O) groups is 1. The first kappa shape index (κ1) is 24.3. The number of hydrogen-bond donors (Lipinski definition) is 0. The first-order chi connectivity index (χ1) is 15.0. The summed E-state index contributed by atoms with van der Waals surface area (Å²) >= 11 is 5.58. The van der Waals surface area contributed by atoms with Crippen molar-refractivity contribution in [2.24, 2.45) is 5.92 Å². The second kappa shape index (κ2) is 9.68. The lowest BCUT2D eigenvalue weighted by molar-refractivity contribution is -0.151. The predicted octanol–water partition coefficient (Wildman–Crippen LogP) is 4.51. The highest BCUT2D eigenvalue weighted by Gasteiger charge is 2.37. The van der Waals surface area contributed by atoms with Crippen LogP contribution >= 0.6 is 11.6 Å². The maximum atomic E-state index is 13.1. The van der Waals surface area contributed by atoms with Crippen LogP contribution in [-0.4, -0.2) is 38.9 Å². The van der Waals surface area contributed by atoms with E-state index in [-0.39, 0.29) is 32.5 Å². The van der Waals surface area contributed by atoms with Crippen molar-refractivity contribution in [2.75, 3.05) is 20.2 Å². The van der Waals surface area contributed by atoms with E-state index in [4.69, 9.17) is 21.1 Å². The van der Waals surface area contributed by atoms with E-state index >= 15 is 0 Å². The van der Waals surface area contributed by atoms with E-state index in [1.165, 1.54) is 7.11 Å². The number of esters is 1. The molecule has 32 heavy (non-hydrogen) atoms. The normalized spacial score (nSPS) is 16.0. The molecule has 0 unspecified atom stereocenters. The van der Waals surface area contributed by atoms with Crippen LogP contribution in [0.4, 0.5) is 13.2 Å². The zero-order chi connectivity index (χ0) is 23.5. The van der Waals surface area contributed by atoms with Gasteiger partial charge < -0.3 is 9.47 Å². The Morgan fingerprint density at radius 3 is 2.44 bits per heavy atom. The van der Waals surface area contributed by atoms with Gasteiger partial charge in [0.1, 0.15) is 12.4 Å². The zero-order valence-electron chi connectivity index (χ0n) is 17.1. The lowest BCUT2D eigenvalue weighted by atomic mass is 9.98. The summed E-state index contributed by atoms with van der Waals surface area (Å²) in [5.74, 6) is -0.381. The fraction of sp³-hybridized carbons (Fsp3) is 0.381. The van der Waals surface area contributed by atoms with Crippen molar-refractivity contribution in [1.29, 1.82) is 0 Å². The molecule has 174 valence electrons. The Hall–Kier alpha value is -2.30. The Morgan fingerprint density at radius 1 is 1.16 bits per heavy atom. The summed E-state index contributed by atoms with van der Waals surface area (Å²) in [6, 6.07) is 9.58. The third kappa shape index (κ3) is 5.36. The smallest absolute Gasteiger partial charge is 0.417 e. The molecule has 0 atom stereocenters. The second-order valence-corrected chi connectivity index (χ2v) is 9.58. The number of sulfonamides is 1. The van der Waals surface area contributed by atoms with Gasteiger partial charge >= 0.3 is 12.1 Å². The molecule has 2 aromatic carbocycles. The Bertz CT molecular complexity index is 1080. The molecule has 0 aliphatic carbocycles. The Kier molecular flexibility index (Phi) is 7.36. The van der Waals surface area contributed by atoms with Gasteiger partial charge in [-0.1, -0.05) is 29.8 Å². The van der Waals surface area contributed by atoms with Crippen molar-refractivity contribution in [3.8, 4) is 5.75 Å². The van der Waals surface area contributed by atoms with Gasteiger partial charge in [0.15, 0.2) is 0 Å². The lowest BCUT2D eigenvalue weighted by Gasteiger charge is -2.30. The molecule has 1 aliphatic rings. The average molecular weight is 492 g/mol. The quantitative estimate of drug-likeness (QED) is 0.556. The van der Waals surface area contributed by atoms with Crippen molar-refractivity contribution in [1.82, 2.24) is 4.31 Å². The molecule has 1 heterocycles. The minimum Gasteiger partial charge on any atom is -0.496 e. The van der Waals surface area contributed by atoms with Crippen LogP contribution in [0, 0.1) is 5.92 Å². The number of halogens is 4. The van der Waals surface area contributed by atoms with Crippen LogP contribution in [-0.2, 0) is 32.3 Å². The summed E-state index contributed by atoms with van der Waals surface area (Å²) in [5.41, 5.74) is -0.512. The molecule has 6 nitrogen and oxygen atoms in total. The van der Waals surface area contributed by atoms with Crippen molar-refractivity contribution in [2.45, 2.75) is 30.5 Å². The highest BCUT2D eigenvalue weighted by atomic mass is 35.5. The van der Waals surface area contributed by atoms with E-state index in [1.807, 2.05) is 0 Å². The molecule has 0 spiro atoms. The van der Waals surface area contributed by atoms with Crippen LogP contribution in [0.1, 0.15) is 24.0 Å². The van der Waals surface area contributed by atoms with Crippen molar-refractivity contribution >= 4 is 27.6 Å². The second-order valence-electron chi connectivity index (χ2n) is 7.24. The minimum absolute atomic E-state index is 0.0132. The van der Waals surface area contributed by atoms with Gasteiger partial charge in [-0.15, -0.1) is 0 Å². The predicted molar refractivity (Wildman–Crippen MR) is 111 cm³/mol. The van der Waals surface area contributed by atoms with Crippen molar-refractivity contribution in [3.05, 3.63) is 58.6 Å². The number of nitrogens with zero attached hydrogens (tertiary/aromatic N) is 1. The molecule has 1 saturated heterocycles. The number of alkyl halides is 3. The van der Waals surface area contributed by atoms with Gasteiger partial charge in [0, 0.05) is 18.7 Å².